The Morgan fingerprint density at radius 2 is 1.75 bits per heavy atom. The predicted molar refractivity (Wildman–Crippen MR) is 93.5 cm³/mol. The second-order valence-corrected chi connectivity index (χ2v) is 6.18. The van der Waals surface area contributed by atoms with E-state index in [9.17, 15) is 9.59 Å². The topological polar surface area (TPSA) is 62.3 Å². The first kappa shape index (κ1) is 16.5. The van der Waals surface area contributed by atoms with Crippen LogP contribution in [0.25, 0.3) is 0 Å². The molecular formula is C18H18ClN3O2. The highest BCUT2D eigenvalue weighted by atomic mass is 35.5. The van der Waals surface area contributed by atoms with E-state index in [1.165, 1.54) is 0 Å². The number of benzene rings is 1. The number of amides is 2. The number of pyridine rings is 1. The number of nitrogens with one attached hydrogen (secondary N) is 1. The molecule has 0 spiro atoms. The molecule has 0 atom stereocenters. The zero-order valence-electron chi connectivity index (χ0n) is 13.4. The van der Waals surface area contributed by atoms with Gasteiger partial charge in [0.1, 0.15) is 11.4 Å². The van der Waals surface area contributed by atoms with E-state index in [-0.39, 0.29) is 17.5 Å². The van der Waals surface area contributed by atoms with Gasteiger partial charge < -0.3 is 10.2 Å². The van der Waals surface area contributed by atoms with Gasteiger partial charge in [0, 0.05) is 23.8 Å². The fraction of sp³-hybridized carbons (Fsp3) is 0.278. The van der Waals surface area contributed by atoms with Gasteiger partial charge >= 0.3 is 0 Å². The second kappa shape index (κ2) is 7.01. The van der Waals surface area contributed by atoms with Crippen molar-refractivity contribution in [3.63, 3.8) is 0 Å². The maximum absolute atomic E-state index is 12.4. The number of hydrogen-bond acceptors (Lipinski definition) is 3. The Morgan fingerprint density at radius 1 is 1.08 bits per heavy atom. The van der Waals surface area contributed by atoms with Crippen LogP contribution in [0.1, 0.15) is 39.4 Å². The van der Waals surface area contributed by atoms with E-state index in [1.54, 1.807) is 41.3 Å². The number of aromatic nitrogens is 1. The van der Waals surface area contributed by atoms with E-state index >= 15 is 0 Å². The molecular weight excluding hydrogens is 326 g/mol. The highest BCUT2D eigenvalue weighted by Gasteiger charge is 2.21. The van der Waals surface area contributed by atoms with E-state index in [4.69, 9.17) is 11.6 Å². The third-order valence-corrected chi connectivity index (χ3v) is 4.52. The molecule has 1 fully saturated rings. The van der Waals surface area contributed by atoms with Crippen molar-refractivity contribution in [3.8, 4) is 0 Å². The summed E-state index contributed by atoms with van der Waals surface area (Å²) >= 11 is 6.07. The van der Waals surface area contributed by atoms with Crippen molar-refractivity contribution in [1.82, 2.24) is 9.88 Å². The summed E-state index contributed by atoms with van der Waals surface area (Å²) in [4.78, 5) is 30.8. The minimum atomic E-state index is -0.364. The van der Waals surface area contributed by atoms with Gasteiger partial charge in [-0.25, -0.2) is 4.98 Å². The number of nitrogens with zero attached hydrogens (tertiary/aromatic N) is 2. The summed E-state index contributed by atoms with van der Waals surface area (Å²) in [6, 6.07) is 10.2. The van der Waals surface area contributed by atoms with Crippen LogP contribution in [-0.2, 0) is 0 Å². The van der Waals surface area contributed by atoms with Crippen molar-refractivity contribution in [2.45, 2.75) is 19.8 Å². The second-order valence-electron chi connectivity index (χ2n) is 5.77. The largest absolute Gasteiger partial charge is 0.337 e. The summed E-state index contributed by atoms with van der Waals surface area (Å²) in [7, 11) is 0. The Kier molecular flexibility index (Phi) is 4.81. The van der Waals surface area contributed by atoms with Gasteiger partial charge in [0.15, 0.2) is 0 Å². The van der Waals surface area contributed by atoms with Gasteiger partial charge in [-0.2, -0.15) is 0 Å². The average Bonchev–Trinajstić information content (AvgIpc) is 3.13. The number of halogens is 1. The summed E-state index contributed by atoms with van der Waals surface area (Å²) in [6.07, 6.45) is 2.03. The summed E-state index contributed by atoms with van der Waals surface area (Å²) in [6.45, 7) is 3.33. The lowest BCUT2D eigenvalue weighted by Gasteiger charge is -2.15. The Bertz CT molecular complexity index is 786. The van der Waals surface area contributed by atoms with Crippen LogP contribution >= 0.6 is 11.6 Å². The van der Waals surface area contributed by atoms with Crippen LogP contribution in [0.4, 0.5) is 5.69 Å². The molecule has 1 aliphatic heterocycles. The number of carbonyl (C=O) groups is 2. The summed E-state index contributed by atoms with van der Waals surface area (Å²) in [5.74, 6) is -0.488. The van der Waals surface area contributed by atoms with E-state index < -0.39 is 0 Å². The van der Waals surface area contributed by atoms with E-state index in [0.29, 0.717) is 16.4 Å². The van der Waals surface area contributed by atoms with Crippen LogP contribution < -0.4 is 5.32 Å². The Balaban J connectivity index is 1.79. The lowest BCUT2D eigenvalue weighted by Crippen LogP contribution is -2.29. The number of rotatable bonds is 3. The Morgan fingerprint density at radius 3 is 2.50 bits per heavy atom. The Hall–Kier alpha value is -2.40. The van der Waals surface area contributed by atoms with Crippen LogP contribution in [0.15, 0.2) is 36.4 Å². The maximum atomic E-state index is 12.4. The van der Waals surface area contributed by atoms with Crippen LogP contribution in [0.2, 0.25) is 5.02 Å². The van der Waals surface area contributed by atoms with E-state index in [0.717, 1.165) is 31.5 Å². The number of carbonyl (C=O) groups excluding carboxylic acids is 2. The highest BCUT2D eigenvalue weighted by Crippen LogP contribution is 2.23. The summed E-state index contributed by atoms with van der Waals surface area (Å²) in [5, 5.41) is 3.37. The molecule has 1 saturated heterocycles. The minimum Gasteiger partial charge on any atom is -0.337 e. The van der Waals surface area contributed by atoms with Crippen molar-refractivity contribution in [3.05, 3.63) is 58.4 Å². The number of anilines is 1. The molecule has 0 bridgehead atoms. The zero-order valence-corrected chi connectivity index (χ0v) is 14.1. The van der Waals surface area contributed by atoms with Crippen molar-refractivity contribution in [2.24, 2.45) is 0 Å². The van der Waals surface area contributed by atoms with Crippen molar-refractivity contribution >= 4 is 29.1 Å². The number of likely N-dealkylation sites (tertiary alicyclic amines) is 1. The molecule has 6 heteroatoms. The molecule has 24 heavy (non-hydrogen) atoms. The fourth-order valence-corrected chi connectivity index (χ4v) is 2.87. The number of hydrogen-bond donors (Lipinski definition) is 1. The molecule has 0 unspecified atom stereocenters. The third kappa shape index (κ3) is 3.41. The lowest BCUT2D eigenvalue weighted by molar-refractivity contribution is 0.0787. The van der Waals surface area contributed by atoms with E-state index in [1.807, 2.05) is 6.92 Å². The van der Waals surface area contributed by atoms with Crippen molar-refractivity contribution < 1.29 is 9.59 Å². The average molecular weight is 344 g/mol. The lowest BCUT2D eigenvalue weighted by atomic mass is 10.2. The molecule has 3 rings (SSSR count). The van der Waals surface area contributed by atoms with Crippen LogP contribution in [0.5, 0.6) is 0 Å². The first-order valence-electron chi connectivity index (χ1n) is 7.89. The Labute approximate surface area is 145 Å². The standard InChI is InChI=1S/C18H18ClN3O2/c1-12-13(19)6-4-7-14(12)21-17(23)15-8-5-9-16(20-15)18(24)22-10-2-3-11-22/h4-9H,2-3,10-11H2,1H3,(H,21,23). The van der Waals surface area contributed by atoms with Gasteiger partial charge in [-0.3, -0.25) is 9.59 Å². The SMILES string of the molecule is Cc1c(Cl)cccc1NC(=O)c1cccc(C(=O)N2CCCC2)n1. The predicted octanol–water partition coefficient (Wildman–Crippen LogP) is 3.53. The van der Waals surface area contributed by atoms with Crippen LogP contribution in [-0.4, -0.2) is 34.8 Å². The molecule has 2 amide bonds. The fourth-order valence-electron chi connectivity index (χ4n) is 2.69. The quantitative estimate of drug-likeness (QED) is 0.927. The first-order valence-corrected chi connectivity index (χ1v) is 8.27. The van der Waals surface area contributed by atoms with Crippen molar-refractivity contribution in [1.29, 1.82) is 0 Å². The van der Waals surface area contributed by atoms with Gasteiger partial charge in [-0.15, -0.1) is 0 Å². The first-order chi connectivity index (χ1) is 11.6. The molecule has 124 valence electrons. The van der Waals surface area contributed by atoms with Crippen LogP contribution in [0, 0.1) is 6.92 Å². The molecule has 1 N–H and O–H groups in total. The maximum Gasteiger partial charge on any atom is 0.274 e. The van der Waals surface area contributed by atoms with Gasteiger partial charge in [0.05, 0.1) is 0 Å². The monoisotopic (exact) mass is 343 g/mol. The smallest absolute Gasteiger partial charge is 0.274 e. The van der Waals surface area contributed by atoms with Crippen LogP contribution in [0.3, 0.4) is 0 Å². The highest BCUT2D eigenvalue weighted by molar-refractivity contribution is 6.31. The van der Waals surface area contributed by atoms with Gasteiger partial charge in [-0.1, -0.05) is 23.7 Å². The molecule has 1 aromatic carbocycles. The van der Waals surface area contributed by atoms with Crippen molar-refractivity contribution in [2.75, 3.05) is 18.4 Å². The molecule has 0 saturated carbocycles. The normalized spacial score (nSPS) is 13.8. The van der Waals surface area contributed by atoms with Gasteiger partial charge in [0.2, 0.25) is 0 Å². The molecule has 2 aromatic rings. The molecule has 0 aliphatic carbocycles. The minimum absolute atomic E-state index is 0.124. The van der Waals surface area contributed by atoms with E-state index in [2.05, 4.69) is 10.3 Å². The summed E-state index contributed by atoms with van der Waals surface area (Å²) < 4.78 is 0. The molecule has 0 radical (unpaired) electrons. The molecule has 1 aromatic heterocycles. The van der Waals surface area contributed by atoms with Gasteiger partial charge in [-0.05, 0) is 49.6 Å². The molecule has 2 heterocycles. The summed E-state index contributed by atoms with van der Waals surface area (Å²) in [5.41, 5.74) is 1.93. The molecule has 5 nitrogen and oxygen atoms in total. The third-order valence-electron chi connectivity index (χ3n) is 4.11. The zero-order chi connectivity index (χ0) is 17.1. The molecule has 1 aliphatic rings. The van der Waals surface area contributed by atoms with Gasteiger partial charge in [0.25, 0.3) is 11.8 Å².